The zero-order valence-corrected chi connectivity index (χ0v) is 3.07. The van der Waals surface area contributed by atoms with E-state index in [0.29, 0.717) is 5.92 Å². The maximum Gasteiger partial charge on any atom is -0.00926 e. The van der Waals surface area contributed by atoms with Crippen LogP contribution in [0.5, 0.6) is 0 Å². The summed E-state index contributed by atoms with van der Waals surface area (Å²) in [7, 11) is 0. The predicted molar refractivity (Wildman–Crippen MR) is 21.5 cm³/mol. The summed E-state index contributed by atoms with van der Waals surface area (Å²) in [5.74, 6) is 0.648. The molecule has 0 bridgehead atoms. The van der Waals surface area contributed by atoms with Crippen molar-refractivity contribution in [3.8, 4) is 0 Å². The van der Waals surface area contributed by atoms with Gasteiger partial charge in [0.05, 0.1) is 0 Å². The van der Waals surface area contributed by atoms with Crippen LogP contribution in [0.4, 0.5) is 0 Å². The SMILES string of the molecule is C=CC1[C]C1. The molecule has 0 aromatic rings. The van der Waals surface area contributed by atoms with Crippen LogP contribution in [0.25, 0.3) is 0 Å². The van der Waals surface area contributed by atoms with E-state index >= 15 is 0 Å². The maximum atomic E-state index is 3.56. The van der Waals surface area contributed by atoms with E-state index in [4.69, 9.17) is 0 Å². The van der Waals surface area contributed by atoms with Gasteiger partial charge in [0.25, 0.3) is 0 Å². The van der Waals surface area contributed by atoms with E-state index in [-0.39, 0.29) is 0 Å². The molecular weight excluding hydrogens is 60.1 g/mol. The Morgan fingerprint density at radius 3 is 2.60 bits per heavy atom. The topological polar surface area (TPSA) is 0 Å². The lowest BCUT2D eigenvalue weighted by atomic mass is 10.4. The van der Waals surface area contributed by atoms with Crippen molar-refractivity contribution in [2.75, 3.05) is 0 Å². The van der Waals surface area contributed by atoms with Gasteiger partial charge in [-0.2, -0.15) is 0 Å². The molecule has 1 unspecified atom stereocenters. The lowest BCUT2D eigenvalue weighted by Gasteiger charge is -1.62. The monoisotopic (exact) mass is 66.0 g/mol. The molecule has 0 heterocycles. The second kappa shape index (κ2) is 0.852. The first kappa shape index (κ1) is 2.95. The summed E-state index contributed by atoms with van der Waals surface area (Å²) < 4.78 is 0. The molecule has 0 heteroatoms. The summed E-state index contributed by atoms with van der Waals surface area (Å²) in [6.07, 6.45) is 6.12. The normalized spacial score (nSPS) is 22.4. The molecule has 0 aliphatic heterocycles. The second-order valence-corrected chi connectivity index (χ2v) is 1.25. The number of hydrogen-bond donors (Lipinski definition) is 0. The fourth-order valence-electron chi connectivity index (χ4n) is 0.235. The van der Waals surface area contributed by atoms with Crippen LogP contribution in [0.15, 0.2) is 12.7 Å². The van der Waals surface area contributed by atoms with Crippen LogP contribution in [0.3, 0.4) is 0 Å². The minimum atomic E-state index is 0.648. The van der Waals surface area contributed by atoms with E-state index in [1.165, 1.54) is 0 Å². The van der Waals surface area contributed by atoms with E-state index in [1.54, 1.807) is 0 Å². The van der Waals surface area contributed by atoms with Gasteiger partial charge < -0.3 is 0 Å². The lowest BCUT2D eigenvalue weighted by molar-refractivity contribution is 1.17. The van der Waals surface area contributed by atoms with Crippen LogP contribution in [0, 0.1) is 12.3 Å². The van der Waals surface area contributed by atoms with Crippen molar-refractivity contribution >= 4 is 0 Å². The number of rotatable bonds is 1. The molecule has 0 aromatic carbocycles. The summed E-state index contributed by atoms with van der Waals surface area (Å²) in [6, 6.07) is 0. The van der Waals surface area contributed by atoms with Gasteiger partial charge in [-0.15, -0.1) is 6.58 Å². The van der Waals surface area contributed by atoms with Crippen molar-refractivity contribution in [3.05, 3.63) is 19.1 Å². The third-order valence-electron chi connectivity index (χ3n) is 0.724. The molecule has 1 atom stereocenters. The first-order chi connectivity index (χ1) is 2.43. The van der Waals surface area contributed by atoms with Crippen LogP contribution in [-0.4, -0.2) is 0 Å². The van der Waals surface area contributed by atoms with Gasteiger partial charge in [-0.25, -0.2) is 0 Å². The third kappa shape index (κ3) is 0.504. The van der Waals surface area contributed by atoms with Gasteiger partial charge in [0, 0.05) is 0 Å². The molecule has 1 fully saturated rings. The molecule has 26 valence electrons. The molecule has 0 saturated heterocycles. The fraction of sp³-hybridized carbons (Fsp3) is 0.400. The van der Waals surface area contributed by atoms with Crippen molar-refractivity contribution in [1.29, 1.82) is 0 Å². The molecule has 5 heavy (non-hydrogen) atoms. The molecule has 1 aliphatic carbocycles. The molecule has 0 N–H and O–H groups in total. The van der Waals surface area contributed by atoms with Crippen molar-refractivity contribution in [1.82, 2.24) is 0 Å². The quantitative estimate of drug-likeness (QED) is 0.404. The van der Waals surface area contributed by atoms with Crippen LogP contribution in [0.2, 0.25) is 0 Å². The smallest absolute Gasteiger partial charge is 0.00926 e. The van der Waals surface area contributed by atoms with Crippen molar-refractivity contribution in [2.45, 2.75) is 6.42 Å². The number of hydrogen-bond acceptors (Lipinski definition) is 0. The Kier molecular flexibility index (Phi) is 0.503. The Balaban J connectivity index is 2.21. The molecular formula is C5H6. The highest BCUT2D eigenvalue weighted by Crippen LogP contribution is 2.27. The highest BCUT2D eigenvalue weighted by molar-refractivity contribution is 5.04. The standard InChI is InChI=1S/C5H6/c1-2-5-3-4-5/h2,5H,1,3H2. The second-order valence-electron chi connectivity index (χ2n) is 1.25. The zero-order valence-electron chi connectivity index (χ0n) is 3.07. The van der Waals surface area contributed by atoms with Crippen LogP contribution in [0.1, 0.15) is 6.42 Å². The maximum absolute atomic E-state index is 3.56. The average Bonchev–Trinajstić information content (AvgIpc) is 2.12. The molecule has 1 saturated carbocycles. The van der Waals surface area contributed by atoms with E-state index in [0.717, 1.165) is 6.42 Å². The van der Waals surface area contributed by atoms with Crippen LogP contribution in [-0.2, 0) is 0 Å². The van der Waals surface area contributed by atoms with Crippen LogP contribution >= 0.6 is 0 Å². The summed E-state index contributed by atoms with van der Waals surface area (Å²) in [5.41, 5.74) is 0. The van der Waals surface area contributed by atoms with Gasteiger partial charge in [0.1, 0.15) is 0 Å². The highest BCUT2D eigenvalue weighted by atomic mass is 14.2. The predicted octanol–water partition coefficient (Wildman–Crippen LogP) is 1.27. The molecule has 2 radical (unpaired) electrons. The van der Waals surface area contributed by atoms with E-state index in [2.05, 4.69) is 13.0 Å². The van der Waals surface area contributed by atoms with E-state index in [9.17, 15) is 0 Å². The van der Waals surface area contributed by atoms with Gasteiger partial charge in [0.15, 0.2) is 0 Å². The summed E-state index contributed by atoms with van der Waals surface area (Å²) in [5, 5.41) is 0. The minimum Gasteiger partial charge on any atom is -0.103 e. The summed E-state index contributed by atoms with van der Waals surface area (Å²) in [6.45, 7) is 3.56. The van der Waals surface area contributed by atoms with Crippen molar-refractivity contribution < 1.29 is 0 Å². The molecule has 0 nitrogen and oxygen atoms in total. The van der Waals surface area contributed by atoms with E-state index in [1.807, 2.05) is 6.08 Å². The highest BCUT2D eigenvalue weighted by Gasteiger charge is 2.16. The molecule has 1 rings (SSSR count). The first-order valence-electron chi connectivity index (χ1n) is 1.79. The van der Waals surface area contributed by atoms with Gasteiger partial charge in [-0.05, 0) is 18.8 Å². The molecule has 0 aromatic heterocycles. The summed E-state index contributed by atoms with van der Waals surface area (Å²) in [4.78, 5) is 0. The lowest BCUT2D eigenvalue weighted by Crippen LogP contribution is -1.50. The molecule has 1 aliphatic rings. The largest absolute Gasteiger partial charge is 0.103 e. The Morgan fingerprint density at radius 2 is 2.60 bits per heavy atom. The Labute approximate surface area is 32.5 Å². The Hall–Kier alpha value is -0.260. The fourth-order valence-corrected chi connectivity index (χ4v) is 0.235. The van der Waals surface area contributed by atoms with E-state index < -0.39 is 0 Å². The Morgan fingerprint density at radius 1 is 2.00 bits per heavy atom. The van der Waals surface area contributed by atoms with Crippen LogP contribution < -0.4 is 0 Å². The van der Waals surface area contributed by atoms with Gasteiger partial charge in [-0.1, -0.05) is 6.08 Å². The van der Waals surface area contributed by atoms with Gasteiger partial charge in [-0.3, -0.25) is 0 Å². The zero-order chi connectivity index (χ0) is 3.70. The average molecular weight is 66.1 g/mol. The third-order valence-corrected chi connectivity index (χ3v) is 0.724. The first-order valence-corrected chi connectivity index (χ1v) is 1.79. The van der Waals surface area contributed by atoms with Crippen molar-refractivity contribution in [2.24, 2.45) is 5.92 Å². The number of allylic oxidation sites excluding steroid dienone is 1. The van der Waals surface area contributed by atoms with Crippen molar-refractivity contribution in [3.63, 3.8) is 0 Å². The minimum absolute atomic E-state index is 0.648. The summed E-state index contributed by atoms with van der Waals surface area (Å²) >= 11 is 0. The molecule has 0 amide bonds. The molecule has 0 spiro atoms. The van der Waals surface area contributed by atoms with Gasteiger partial charge >= 0.3 is 0 Å². The Bertz CT molecular complexity index is 42.0. The van der Waals surface area contributed by atoms with Gasteiger partial charge in [0.2, 0.25) is 0 Å².